The Morgan fingerprint density at radius 2 is 2.07 bits per heavy atom. The van der Waals surface area contributed by atoms with Gasteiger partial charge < -0.3 is 11.5 Å². The van der Waals surface area contributed by atoms with Gasteiger partial charge in [-0.05, 0) is 30.7 Å². The summed E-state index contributed by atoms with van der Waals surface area (Å²) >= 11 is 5.82. The van der Waals surface area contributed by atoms with Gasteiger partial charge in [0, 0.05) is 25.9 Å². The third-order valence-electron chi connectivity index (χ3n) is 4.46. The summed E-state index contributed by atoms with van der Waals surface area (Å²) in [6, 6.07) is 4.96. The van der Waals surface area contributed by atoms with Crippen LogP contribution in [0.25, 0.3) is 0 Å². The Hall–Kier alpha value is -3.00. The van der Waals surface area contributed by atoms with Gasteiger partial charge >= 0.3 is 0 Å². The van der Waals surface area contributed by atoms with Crippen molar-refractivity contribution in [2.45, 2.75) is 25.3 Å². The molecule has 9 heteroatoms. The van der Waals surface area contributed by atoms with Gasteiger partial charge in [-0.2, -0.15) is 0 Å². The number of anilines is 1. The van der Waals surface area contributed by atoms with Crippen LogP contribution < -0.4 is 11.5 Å². The van der Waals surface area contributed by atoms with Gasteiger partial charge in [-0.25, -0.2) is 9.98 Å². The molecule has 0 saturated heterocycles. The molecule has 1 atom stereocenters. The molecule has 140 valence electrons. The Bertz CT molecular complexity index is 961. The molecule has 0 radical (unpaired) electrons. The maximum atomic E-state index is 12.5. The van der Waals surface area contributed by atoms with E-state index in [9.17, 15) is 9.59 Å². The highest BCUT2D eigenvalue weighted by Gasteiger charge is 2.37. The fourth-order valence-corrected chi connectivity index (χ4v) is 3.06. The first-order chi connectivity index (χ1) is 12.7. The summed E-state index contributed by atoms with van der Waals surface area (Å²) in [5.41, 5.74) is 12.5. The molecule has 1 unspecified atom stereocenters. The van der Waals surface area contributed by atoms with Crippen molar-refractivity contribution in [2.24, 2.45) is 10.7 Å². The number of carbonyl (C=O) groups excluding carboxylic acids is 2. The number of nitrogen functional groups attached to an aromatic ring is 1. The number of pyridine rings is 2. The van der Waals surface area contributed by atoms with Crippen LogP contribution in [0.4, 0.5) is 5.69 Å². The lowest BCUT2D eigenvalue weighted by molar-refractivity contribution is -0.128. The molecule has 0 saturated carbocycles. The molecule has 1 aliphatic heterocycles. The first kappa shape index (κ1) is 18.8. The van der Waals surface area contributed by atoms with Crippen molar-refractivity contribution in [1.82, 2.24) is 14.9 Å². The molecule has 0 aromatic carbocycles. The van der Waals surface area contributed by atoms with Gasteiger partial charge in [0.1, 0.15) is 11.2 Å². The number of hydrogen-bond donors (Lipinski definition) is 2. The van der Waals surface area contributed by atoms with Crippen LogP contribution in [-0.2, 0) is 16.8 Å². The number of amides is 1. The highest BCUT2D eigenvalue weighted by Crippen LogP contribution is 2.32. The van der Waals surface area contributed by atoms with Crippen LogP contribution in [-0.4, -0.2) is 39.6 Å². The summed E-state index contributed by atoms with van der Waals surface area (Å²) in [4.78, 5) is 38.8. The zero-order valence-corrected chi connectivity index (χ0v) is 15.7. The minimum Gasteiger partial charge on any atom is -0.397 e. The summed E-state index contributed by atoms with van der Waals surface area (Å²) in [5.74, 6) is -0.254. The van der Waals surface area contributed by atoms with E-state index < -0.39 is 5.54 Å². The largest absolute Gasteiger partial charge is 0.397 e. The minimum absolute atomic E-state index is 0.0808. The number of Topliss-reactive ketones (excluding diaryl/α,β-unsaturated/α-hetero) is 1. The number of ketones is 1. The van der Waals surface area contributed by atoms with Crippen LogP contribution >= 0.6 is 11.6 Å². The summed E-state index contributed by atoms with van der Waals surface area (Å²) in [5, 5.41) is 0.366. The number of aliphatic imine (C=N–C) groups is 1. The topological polar surface area (TPSA) is 128 Å². The van der Waals surface area contributed by atoms with Gasteiger partial charge in [0.05, 0.1) is 22.8 Å². The Labute approximate surface area is 161 Å². The number of nitrogens with two attached hydrogens (primary N) is 2. The van der Waals surface area contributed by atoms with Crippen LogP contribution in [0.15, 0.2) is 35.6 Å². The molecule has 3 heterocycles. The molecular weight excluding hydrogens is 368 g/mol. The van der Waals surface area contributed by atoms with Gasteiger partial charge in [0.2, 0.25) is 5.91 Å². The number of halogens is 1. The zero-order valence-electron chi connectivity index (χ0n) is 14.9. The molecule has 2 aromatic rings. The lowest BCUT2D eigenvalue weighted by Gasteiger charge is -2.32. The van der Waals surface area contributed by atoms with E-state index in [1.54, 1.807) is 32.3 Å². The quantitative estimate of drug-likeness (QED) is 0.767. The average molecular weight is 387 g/mol. The van der Waals surface area contributed by atoms with Crippen LogP contribution in [0.3, 0.4) is 0 Å². The molecule has 0 fully saturated rings. The van der Waals surface area contributed by atoms with Gasteiger partial charge in [-0.3, -0.25) is 19.5 Å². The predicted molar refractivity (Wildman–Crippen MR) is 102 cm³/mol. The first-order valence-electron chi connectivity index (χ1n) is 8.21. The Morgan fingerprint density at radius 3 is 2.74 bits per heavy atom. The summed E-state index contributed by atoms with van der Waals surface area (Å²) in [6.07, 6.45) is 3.18. The predicted octanol–water partition coefficient (Wildman–Crippen LogP) is 1.53. The number of guanidine groups is 1. The molecule has 0 bridgehead atoms. The van der Waals surface area contributed by atoms with Crippen molar-refractivity contribution in [3.63, 3.8) is 0 Å². The molecule has 4 N–H and O–H groups in total. The fourth-order valence-electron chi connectivity index (χ4n) is 2.89. The van der Waals surface area contributed by atoms with Crippen LogP contribution in [0.2, 0.25) is 5.02 Å². The number of nitrogens with zero attached hydrogens (tertiary/aromatic N) is 4. The van der Waals surface area contributed by atoms with E-state index >= 15 is 0 Å². The van der Waals surface area contributed by atoms with Crippen molar-refractivity contribution in [1.29, 1.82) is 0 Å². The van der Waals surface area contributed by atoms with Crippen molar-refractivity contribution < 1.29 is 9.59 Å². The van der Waals surface area contributed by atoms with Crippen molar-refractivity contribution in [3.8, 4) is 0 Å². The van der Waals surface area contributed by atoms with Crippen LogP contribution in [0.1, 0.15) is 35.1 Å². The Morgan fingerprint density at radius 1 is 1.33 bits per heavy atom. The van der Waals surface area contributed by atoms with E-state index in [4.69, 9.17) is 23.1 Å². The number of hydrogen-bond acceptors (Lipinski definition) is 7. The smallest absolute Gasteiger partial charge is 0.231 e. The second-order valence-corrected chi connectivity index (χ2v) is 7.05. The minimum atomic E-state index is -0.885. The SMILES string of the molecule is CN1C(=O)CC(C)(c2cc(CC(=O)c3ncc(Cl)cc3N)ccn2)N=C1N. The number of carbonyl (C=O) groups is 2. The van der Waals surface area contributed by atoms with E-state index in [0.29, 0.717) is 16.3 Å². The second-order valence-electron chi connectivity index (χ2n) is 6.61. The number of rotatable bonds is 4. The van der Waals surface area contributed by atoms with Gasteiger partial charge in [-0.15, -0.1) is 0 Å². The molecule has 3 rings (SSSR count). The van der Waals surface area contributed by atoms with Crippen LogP contribution in [0, 0.1) is 0 Å². The van der Waals surface area contributed by atoms with Crippen molar-refractivity contribution in [3.05, 3.63) is 52.6 Å². The van der Waals surface area contributed by atoms with E-state index in [2.05, 4.69) is 15.0 Å². The Balaban J connectivity index is 1.88. The average Bonchev–Trinajstić information content (AvgIpc) is 2.59. The summed E-state index contributed by atoms with van der Waals surface area (Å²) in [7, 11) is 1.58. The lowest BCUT2D eigenvalue weighted by Crippen LogP contribution is -2.47. The fraction of sp³-hybridized carbons (Fsp3) is 0.278. The molecule has 8 nitrogen and oxygen atoms in total. The summed E-state index contributed by atoms with van der Waals surface area (Å²) < 4.78 is 0. The van der Waals surface area contributed by atoms with Gasteiger partial charge in [-0.1, -0.05) is 11.6 Å². The lowest BCUT2D eigenvalue weighted by atomic mass is 9.90. The van der Waals surface area contributed by atoms with Crippen molar-refractivity contribution >= 4 is 34.9 Å². The molecule has 0 spiro atoms. The molecule has 27 heavy (non-hydrogen) atoms. The van der Waals surface area contributed by atoms with E-state index in [0.717, 1.165) is 0 Å². The standard InChI is InChI=1S/C18H19ClN6O2/c1-18(8-15(27)25(2)17(21)24-18)14-6-10(3-4-22-14)5-13(26)16-12(20)7-11(19)9-23-16/h3-4,6-7,9H,5,8,20H2,1-2H3,(H2,21,24). The zero-order chi connectivity index (χ0) is 19.8. The molecule has 1 amide bonds. The maximum Gasteiger partial charge on any atom is 0.231 e. The highest BCUT2D eigenvalue weighted by atomic mass is 35.5. The van der Waals surface area contributed by atoms with Crippen LogP contribution in [0.5, 0.6) is 0 Å². The van der Waals surface area contributed by atoms with Crippen molar-refractivity contribution in [2.75, 3.05) is 12.8 Å². The third-order valence-corrected chi connectivity index (χ3v) is 4.67. The van der Waals surface area contributed by atoms with E-state index in [-0.39, 0.29) is 41.9 Å². The third kappa shape index (κ3) is 3.75. The van der Waals surface area contributed by atoms with E-state index in [1.807, 2.05) is 0 Å². The number of aromatic nitrogens is 2. The maximum absolute atomic E-state index is 12.5. The van der Waals surface area contributed by atoms with Gasteiger partial charge in [0.25, 0.3) is 0 Å². The molecular formula is C18H19ClN6O2. The molecule has 1 aliphatic rings. The first-order valence-corrected chi connectivity index (χ1v) is 8.59. The molecule has 2 aromatic heterocycles. The second kappa shape index (κ2) is 6.96. The molecule has 0 aliphatic carbocycles. The summed E-state index contributed by atoms with van der Waals surface area (Å²) in [6.45, 7) is 1.79. The Kier molecular flexibility index (Phi) is 4.84. The normalized spacial score (nSPS) is 19.7. The monoisotopic (exact) mass is 386 g/mol. The van der Waals surface area contributed by atoms with E-state index in [1.165, 1.54) is 17.2 Å². The van der Waals surface area contributed by atoms with Gasteiger partial charge in [0.15, 0.2) is 11.7 Å². The highest BCUT2D eigenvalue weighted by molar-refractivity contribution is 6.30.